The zero-order chi connectivity index (χ0) is 7.98. The molecule has 1 amide bonds. The molecule has 0 unspecified atom stereocenters. The molecule has 0 fully saturated rings. The highest BCUT2D eigenvalue weighted by Gasteiger charge is 1.95. The number of primary amides is 1. The minimum absolute atomic E-state index is 0.318. The van der Waals surface area contributed by atoms with Crippen molar-refractivity contribution >= 4 is 12.1 Å². The molecule has 0 saturated carbocycles. The van der Waals surface area contributed by atoms with Crippen LogP contribution in [-0.2, 0) is 4.79 Å². The lowest BCUT2D eigenvalue weighted by Gasteiger charge is -1.89. The second-order valence-electron chi connectivity index (χ2n) is 1.56. The molecular weight excluding hydrogens is 128 g/mol. The van der Waals surface area contributed by atoms with Gasteiger partial charge in [0.2, 0.25) is 5.91 Å². The van der Waals surface area contributed by atoms with Gasteiger partial charge in [0.05, 0.1) is 5.57 Å². The van der Waals surface area contributed by atoms with E-state index >= 15 is 0 Å². The number of nitrogens with zero attached hydrogens (tertiary/aromatic N) is 1. The smallest absolute Gasteiger partial charge is 0.250 e. The Labute approximate surface area is 59.9 Å². The van der Waals surface area contributed by atoms with E-state index in [1.807, 2.05) is 0 Å². The third-order valence-corrected chi connectivity index (χ3v) is 0.867. The predicted molar refractivity (Wildman–Crippen MR) is 41.6 cm³/mol. The van der Waals surface area contributed by atoms with Crippen molar-refractivity contribution < 1.29 is 4.79 Å². The SMILES string of the molecule is C=C/C(=C\N=CC)C(N)=O. The fourth-order valence-electron chi connectivity index (χ4n) is 0.372. The number of rotatable bonds is 3. The molecule has 0 bridgehead atoms. The maximum Gasteiger partial charge on any atom is 0.250 e. The standard InChI is InChI=1S/C7H10N2O/c1-3-6(7(8)10)5-9-4-2/h3-5H,1H2,2H3,(H2,8,10)/b6-5+,9-4?. The molecule has 0 saturated heterocycles. The Morgan fingerprint density at radius 1 is 1.70 bits per heavy atom. The molecule has 0 rings (SSSR count). The lowest BCUT2D eigenvalue weighted by Crippen LogP contribution is -2.11. The number of aliphatic imine (C=N–C) groups is 1. The molecule has 10 heavy (non-hydrogen) atoms. The van der Waals surface area contributed by atoms with Crippen molar-refractivity contribution in [3.8, 4) is 0 Å². The van der Waals surface area contributed by atoms with Crippen molar-refractivity contribution in [1.29, 1.82) is 0 Å². The highest BCUT2D eigenvalue weighted by atomic mass is 16.1. The van der Waals surface area contributed by atoms with Crippen LogP contribution in [0.1, 0.15) is 6.92 Å². The number of amides is 1. The van der Waals surface area contributed by atoms with Gasteiger partial charge in [0, 0.05) is 12.4 Å². The average Bonchev–Trinajstić information content (AvgIpc) is 1.89. The predicted octanol–water partition coefficient (Wildman–Crippen LogP) is 0.632. The Bertz CT molecular complexity index is 192. The van der Waals surface area contributed by atoms with Gasteiger partial charge < -0.3 is 5.73 Å². The molecular formula is C7H10N2O. The van der Waals surface area contributed by atoms with Crippen LogP contribution in [0.3, 0.4) is 0 Å². The fraction of sp³-hybridized carbons (Fsp3) is 0.143. The van der Waals surface area contributed by atoms with Crippen LogP contribution in [0.15, 0.2) is 29.4 Å². The van der Waals surface area contributed by atoms with Crippen LogP contribution >= 0.6 is 0 Å². The number of hydrogen-bond donors (Lipinski definition) is 1. The summed E-state index contributed by atoms with van der Waals surface area (Å²) in [6.07, 6.45) is 4.30. The van der Waals surface area contributed by atoms with Gasteiger partial charge >= 0.3 is 0 Å². The Kier molecular flexibility index (Phi) is 3.87. The van der Waals surface area contributed by atoms with E-state index in [1.165, 1.54) is 12.3 Å². The second kappa shape index (κ2) is 4.49. The number of carbonyl (C=O) groups is 1. The van der Waals surface area contributed by atoms with Crippen molar-refractivity contribution in [3.05, 3.63) is 24.4 Å². The first-order valence-corrected chi connectivity index (χ1v) is 2.82. The Morgan fingerprint density at radius 2 is 2.30 bits per heavy atom. The maximum atomic E-state index is 10.4. The van der Waals surface area contributed by atoms with Gasteiger partial charge in [-0.05, 0) is 6.92 Å². The Hall–Kier alpha value is -1.38. The molecule has 0 spiro atoms. The molecule has 0 aliphatic carbocycles. The van der Waals surface area contributed by atoms with Crippen molar-refractivity contribution in [2.45, 2.75) is 6.92 Å². The molecule has 3 heteroatoms. The van der Waals surface area contributed by atoms with Gasteiger partial charge in [-0.15, -0.1) is 0 Å². The number of hydrogen-bond acceptors (Lipinski definition) is 2. The van der Waals surface area contributed by atoms with Gasteiger partial charge in [0.1, 0.15) is 0 Å². The zero-order valence-corrected chi connectivity index (χ0v) is 5.87. The van der Waals surface area contributed by atoms with Gasteiger partial charge in [-0.3, -0.25) is 9.79 Å². The van der Waals surface area contributed by atoms with Gasteiger partial charge in [0.15, 0.2) is 0 Å². The summed E-state index contributed by atoms with van der Waals surface area (Å²) >= 11 is 0. The lowest BCUT2D eigenvalue weighted by atomic mass is 10.3. The summed E-state index contributed by atoms with van der Waals surface area (Å²) in [4.78, 5) is 14.2. The van der Waals surface area contributed by atoms with Crippen LogP contribution in [0.25, 0.3) is 0 Å². The maximum absolute atomic E-state index is 10.4. The van der Waals surface area contributed by atoms with E-state index in [9.17, 15) is 4.79 Å². The summed E-state index contributed by atoms with van der Waals surface area (Å²) in [5.74, 6) is -0.513. The molecule has 0 radical (unpaired) electrons. The Balaban J connectivity index is 4.33. The first kappa shape index (κ1) is 8.62. The minimum atomic E-state index is -0.513. The van der Waals surface area contributed by atoms with E-state index < -0.39 is 5.91 Å². The van der Waals surface area contributed by atoms with E-state index in [0.717, 1.165) is 0 Å². The largest absolute Gasteiger partial charge is 0.366 e. The van der Waals surface area contributed by atoms with Gasteiger partial charge in [-0.25, -0.2) is 0 Å². The molecule has 3 nitrogen and oxygen atoms in total. The molecule has 0 aliphatic heterocycles. The molecule has 0 heterocycles. The van der Waals surface area contributed by atoms with Crippen LogP contribution in [0.2, 0.25) is 0 Å². The molecule has 0 aromatic rings. The Morgan fingerprint density at radius 3 is 2.60 bits per heavy atom. The van der Waals surface area contributed by atoms with E-state index in [-0.39, 0.29) is 0 Å². The first-order chi connectivity index (χ1) is 4.72. The number of carbonyl (C=O) groups excluding carboxylic acids is 1. The first-order valence-electron chi connectivity index (χ1n) is 2.82. The monoisotopic (exact) mass is 138 g/mol. The van der Waals surface area contributed by atoms with E-state index in [4.69, 9.17) is 5.73 Å². The topological polar surface area (TPSA) is 55.4 Å². The fourth-order valence-corrected chi connectivity index (χ4v) is 0.372. The van der Waals surface area contributed by atoms with Gasteiger partial charge in [-0.1, -0.05) is 12.7 Å². The number of nitrogens with two attached hydrogens (primary N) is 1. The third-order valence-electron chi connectivity index (χ3n) is 0.867. The molecule has 2 N–H and O–H groups in total. The van der Waals surface area contributed by atoms with E-state index in [0.29, 0.717) is 5.57 Å². The van der Waals surface area contributed by atoms with Crippen molar-refractivity contribution in [2.24, 2.45) is 10.7 Å². The van der Waals surface area contributed by atoms with Crippen LogP contribution < -0.4 is 5.73 Å². The van der Waals surface area contributed by atoms with E-state index in [1.54, 1.807) is 13.1 Å². The van der Waals surface area contributed by atoms with Gasteiger partial charge in [-0.2, -0.15) is 0 Å². The normalized spacial score (nSPS) is 11.9. The second-order valence-corrected chi connectivity index (χ2v) is 1.56. The highest BCUT2D eigenvalue weighted by Crippen LogP contribution is 1.92. The van der Waals surface area contributed by atoms with Crippen LogP contribution in [0, 0.1) is 0 Å². The molecule has 0 aromatic carbocycles. The summed E-state index contributed by atoms with van der Waals surface area (Å²) in [6, 6.07) is 0. The highest BCUT2D eigenvalue weighted by molar-refractivity contribution is 5.94. The van der Waals surface area contributed by atoms with Crippen molar-refractivity contribution in [2.75, 3.05) is 0 Å². The quantitative estimate of drug-likeness (QED) is 0.347. The molecule has 0 aromatic heterocycles. The summed E-state index contributed by atoms with van der Waals surface area (Å²) < 4.78 is 0. The lowest BCUT2D eigenvalue weighted by molar-refractivity contribution is -0.114. The molecule has 0 atom stereocenters. The van der Waals surface area contributed by atoms with Crippen molar-refractivity contribution in [1.82, 2.24) is 0 Å². The third kappa shape index (κ3) is 2.81. The van der Waals surface area contributed by atoms with Crippen LogP contribution in [0.4, 0.5) is 0 Å². The molecule has 54 valence electrons. The summed E-state index contributed by atoms with van der Waals surface area (Å²) in [7, 11) is 0. The summed E-state index contributed by atoms with van der Waals surface area (Å²) in [6.45, 7) is 5.14. The summed E-state index contributed by atoms with van der Waals surface area (Å²) in [5.41, 5.74) is 5.25. The summed E-state index contributed by atoms with van der Waals surface area (Å²) in [5, 5.41) is 0. The zero-order valence-electron chi connectivity index (χ0n) is 5.87. The minimum Gasteiger partial charge on any atom is -0.366 e. The van der Waals surface area contributed by atoms with Gasteiger partial charge in [0.25, 0.3) is 0 Å². The van der Waals surface area contributed by atoms with Crippen molar-refractivity contribution in [3.63, 3.8) is 0 Å². The average molecular weight is 138 g/mol. The van der Waals surface area contributed by atoms with E-state index in [2.05, 4.69) is 11.6 Å². The van der Waals surface area contributed by atoms with Crippen LogP contribution in [0.5, 0.6) is 0 Å². The van der Waals surface area contributed by atoms with Crippen LogP contribution in [-0.4, -0.2) is 12.1 Å². The molecule has 0 aliphatic rings.